The van der Waals surface area contributed by atoms with E-state index in [-0.39, 0.29) is 0 Å². The molecule has 0 rings (SSSR count). The maximum Gasteiger partial charge on any atom is 0.0129 e. The highest BCUT2D eigenvalue weighted by molar-refractivity contribution is 7.99. The lowest BCUT2D eigenvalue weighted by atomic mass is 10.4. The van der Waals surface area contributed by atoms with Crippen LogP contribution in [-0.2, 0) is 0 Å². The summed E-state index contributed by atoms with van der Waals surface area (Å²) in [5.74, 6) is 2.47. The predicted molar refractivity (Wildman–Crippen MR) is 46.1 cm³/mol. The van der Waals surface area contributed by atoms with Crippen LogP contribution in [0.4, 0.5) is 0 Å². The maximum absolute atomic E-state index is 3.36. The van der Waals surface area contributed by atoms with E-state index in [1.807, 2.05) is 11.8 Å². The third-order valence-corrected chi connectivity index (χ3v) is 2.27. The second kappa shape index (κ2) is 6.43. The van der Waals surface area contributed by atoms with Crippen molar-refractivity contribution in [1.82, 2.24) is 5.32 Å². The standard InChI is InChI=1S/C7H17NS/c1-4-8-7(3)6-9-5-2/h7-8H,4-6H2,1-3H3. The van der Waals surface area contributed by atoms with Gasteiger partial charge in [0.1, 0.15) is 0 Å². The molecule has 1 atom stereocenters. The number of thioether (sulfide) groups is 1. The molecule has 56 valence electrons. The molecule has 0 aromatic carbocycles. The smallest absolute Gasteiger partial charge is 0.0129 e. The molecule has 1 unspecified atom stereocenters. The van der Waals surface area contributed by atoms with Crippen LogP contribution in [-0.4, -0.2) is 24.1 Å². The van der Waals surface area contributed by atoms with E-state index in [0.29, 0.717) is 6.04 Å². The van der Waals surface area contributed by atoms with Crippen LogP contribution in [0.15, 0.2) is 0 Å². The van der Waals surface area contributed by atoms with Gasteiger partial charge in [0, 0.05) is 11.8 Å². The van der Waals surface area contributed by atoms with Crippen LogP contribution in [0.2, 0.25) is 0 Å². The number of hydrogen-bond donors (Lipinski definition) is 1. The van der Waals surface area contributed by atoms with Gasteiger partial charge in [0.25, 0.3) is 0 Å². The number of nitrogens with one attached hydrogen (secondary N) is 1. The molecule has 0 aliphatic heterocycles. The second-order valence-corrected chi connectivity index (χ2v) is 3.44. The summed E-state index contributed by atoms with van der Waals surface area (Å²) in [6.45, 7) is 7.66. The van der Waals surface area contributed by atoms with Crippen LogP contribution in [0.1, 0.15) is 20.8 Å². The lowest BCUT2D eigenvalue weighted by Gasteiger charge is -2.09. The fourth-order valence-corrected chi connectivity index (χ4v) is 1.41. The Balaban J connectivity index is 2.95. The van der Waals surface area contributed by atoms with E-state index in [0.717, 1.165) is 6.54 Å². The summed E-state index contributed by atoms with van der Waals surface area (Å²) < 4.78 is 0. The van der Waals surface area contributed by atoms with Gasteiger partial charge in [-0.1, -0.05) is 13.8 Å². The minimum absolute atomic E-state index is 0.681. The Bertz CT molecular complexity index is 56.9. The zero-order chi connectivity index (χ0) is 7.11. The van der Waals surface area contributed by atoms with E-state index in [2.05, 4.69) is 26.1 Å². The molecule has 0 aromatic rings. The van der Waals surface area contributed by atoms with Gasteiger partial charge in [-0.2, -0.15) is 11.8 Å². The first-order chi connectivity index (χ1) is 4.31. The second-order valence-electron chi connectivity index (χ2n) is 2.12. The Morgan fingerprint density at radius 1 is 1.44 bits per heavy atom. The fraction of sp³-hybridized carbons (Fsp3) is 1.00. The van der Waals surface area contributed by atoms with Gasteiger partial charge in [-0.25, -0.2) is 0 Å². The Kier molecular flexibility index (Phi) is 6.65. The van der Waals surface area contributed by atoms with E-state index in [1.165, 1.54) is 11.5 Å². The molecule has 0 heterocycles. The van der Waals surface area contributed by atoms with E-state index in [9.17, 15) is 0 Å². The van der Waals surface area contributed by atoms with Crippen molar-refractivity contribution in [3.05, 3.63) is 0 Å². The van der Waals surface area contributed by atoms with Gasteiger partial charge in [0.15, 0.2) is 0 Å². The minimum atomic E-state index is 0.681. The average Bonchev–Trinajstić information content (AvgIpc) is 1.85. The minimum Gasteiger partial charge on any atom is -0.314 e. The van der Waals surface area contributed by atoms with Crippen molar-refractivity contribution in [2.75, 3.05) is 18.1 Å². The molecule has 0 aromatic heterocycles. The molecular formula is C7H17NS. The lowest BCUT2D eigenvalue weighted by molar-refractivity contribution is 0.620. The van der Waals surface area contributed by atoms with Gasteiger partial charge in [-0.05, 0) is 19.2 Å². The molecule has 0 bridgehead atoms. The molecule has 0 aliphatic carbocycles. The molecular weight excluding hydrogens is 130 g/mol. The van der Waals surface area contributed by atoms with Gasteiger partial charge in [0.05, 0.1) is 0 Å². The number of rotatable bonds is 5. The molecule has 0 saturated carbocycles. The van der Waals surface area contributed by atoms with Crippen molar-refractivity contribution in [3.63, 3.8) is 0 Å². The quantitative estimate of drug-likeness (QED) is 0.635. The van der Waals surface area contributed by atoms with Crippen LogP contribution in [0.25, 0.3) is 0 Å². The van der Waals surface area contributed by atoms with Crippen LogP contribution >= 0.6 is 11.8 Å². The third kappa shape index (κ3) is 6.19. The topological polar surface area (TPSA) is 12.0 Å². The third-order valence-electron chi connectivity index (χ3n) is 1.12. The number of hydrogen-bond acceptors (Lipinski definition) is 2. The van der Waals surface area contributed by atoms with Gasteiger partial charge in [0.2, 0.25) is 0 Å². The molecule has 1 nitrogen and oxygen atoms in total. The molecule has 2 heteroatoms. The van der Waals surface area contributed by atoms with Gasteiger partial charge < -0.3 is 5.32 Å². The zero-order valence-corrected chi connectivity index (χ0v) is 7.42. The Morgan fingerprint density at radius 2 is 2.11 bits per heavy atom. The maximum atomic E-state index is 3.36. The summed E-state index contributed by atoms with van der Waals surface area (Å²) in [7, 11) is 0. The summed E-state index contributed by atoms with van der Waals surface area (Å²) >= 11 is 1.99. The lowest BCUT2D eigenvalue weighted by Crippen LogP contribution is -2.27. The molecule has 0 spiro atoms. The Labute approximate surface area is 62.6 Å². The highest BCUT2D eigenvalue weighted by atomic mass is 32.2. The van der Waals surface area contributed by atoms with Gasteiger partial charge in [-0.3, -0.25) is 0 Å². The monoisotopic (exact) mass is 147 g/mol. The van der Waals surface area contributed by atoms with E-state index in [1.54, 1.807) is 0 Å². The molecule has 9 heavy (non-hydrogen) atoms. The first-order valence-electron chi connectivity index (χ1n) is 3.62. The summed E-state index contributed by atoms with van der Waals surface area (Å²) in [6, 6.07) is 0.681. The van der Waals surface area contributed by atoms with Crippen molar-refractivity contribution in [2.45, 2.75) is 26.8 Å². The fourth-order valence-electron chi connectivity index (χ4n) is 0.702. The van der Waals surface area contributed by atoms with Crippen molar-refractivity contribution >= 4 is 11.8 Å². The van der Waals surface area contributed by atoms with Gasteiger partial charge >= 0.3 is 0 Å². The van der Waals surface area contributed by atoms with Crippen molar-refractivity contribution < 1.29 is 0 Å². The van der Waals surface area contributed by atoms with E-state index < -0.39 is 0 Å². The first-order valence-corrected chi connectivity index (χ1v) is 4.77. The van der Waals surface area contributed by atoms with Crippen LogP contribution in [0, 0.1) is 0 Å². The Hall–Kier alpha value is 0.310. The highest BCUT2D eigenvalue weighted by Crippen LogP contribution is 2.00. The highest BCUT2D eigenvalue weighted by Gasteiger charge is 1.96. The summed E-state index contributed by atoms with van der Waals surface area (Å²) in [6.07, 6.45) is 0. The van der Waals surface area contributed by atoms with Crippen LogP contribution in [0.5, 0.6) is 0 Å². The molecule has 1 N–H and O–H groups in total. The van der Waals surface area contributed by atoms with E-state index in [4.69, 9.17) is 0 Å². The Morgan fingerprint density at radius 3 is 2.56 bits per heavy atom. The zero-order valence-electron chi connectivity index (χ0n) is 6.61. The summed E-state index contributed by atoms with van der Waals surface area (Å²) in [5.41, 5.74) is 0. The van der Waals surface area contributed by atoms with Crippen LogP contribution < -0.4 is 5.32 Å². The van der Waals surface area contributed by atoms with Crippen molar-refractivity contribution in [3.8, 4) is 0 Å². The molecule has 0 aliphatic rings. The normalized spacial score (nSPS) is 13.7. The summed E-state index contributed by atoms with van der Waals surface area (Å²) in [4.78, 5) is 0. The first kappa shape index (κ1) is 9.31. The predicted octanol–water partition coefficient (Wildman–Crippen LogP) is 1.74. The SMILES string of the molecule is CCNC(C)CSCC. The van der Waals surface area contributed by atoms with Crippen molar-refractivity contribution in [1.29, 1.82) is 0 Å². The molecule has 0 amide bonds. The van der Waals surface area contributed by atoms with E-state index >= 15 is 0 Å². The van der Waals surface area contributed by atoms with Crippen LogP contribution in [0.3, 0.4) is 0 Å². The largest absolute Gasteiger partial charge is 0.314 e. The van der Waals surface area contributed by atoms with Gasteiger partial charge in [-0.15, -0.1) is 0 Å². The molecule has 0 saturated heterocycles. The summed E-state index contributed by atoms with van der Waals surface area (Å²) in [5, 5.41) is 3.36. The molecule has 0 radical (unpaired) electrons. The molecule has 0 fully saturated rings. The average molecular weight is 147 g/mol. The van der Waals surface area contributed by atoms with Crippen molar-refractivity contribution in [2.24, 2.45) is 0 Å².